The molecule has 5 rings (SSSR count). The second-order valence-corrected chi connectivity index (χ2v) is 10.1. The zero-order valence-corrected chi connectivity index (χ0v) is 19.8. The van der Waals surface area contributed by atoms with Crippen LogP contribution in [-0.2, 0) is 11.0 Å². The maximum atomic E-state index is 13.3. The van der Waals surface area contributed by atoms with Crippen molar-refractivity contribution >= 4 is 38.3 Å². The van der Waals surface area contributed by atoms with E-state index in [0.29, 0.717) is 38.4 Å². The van der Waals surface area contributed by atoms with Crippen molar-refractivity contribution in [2.24, 2.45) is 5.92 Å². The van der Waals surface area contributed by atoms with Gasteiger partial charge in [-0.05, 0) is 55.7 Å². The quantitative estimate of drug-likeness (QED) is 0.509. The summed E-state index contributed by atoms with van der Waals surface area (Å²) >= 11 is 1.67. The number of thiazole rings is 1. The Bertz CT molecular complexity index is 1190. The van der Waals surface area contributed by atoms with Crippen LogP contribution < -0.4 is 9.80 Å². The second-order valence-electron chi connectivity index (χ2n) is 9.11. The fourth-order valence-electron chi connectivity index (χ4n) is 4.83. The van der Waals surface area contributed by atoms with Gasteiger partial charge in [0, 0.05) is 45.0 Å². The van der Waals surface area contributed by atoms with Crippen molar-refractivity contribution in [2.75, 3.05) is 49.1 Å². The lowest BCUT2D eigenvalue weighted by Gasteiger charge is -2.39. The molecule has 2 aliphatic rings. The summed E-state index contributed by atoms with van der Waals surface area (Å²) in [7, 11) is 0. The molecule has 1 atom stereocenters. The van der Waals surface area contributed by atoms with Crippen LogP contribution in [0.2, 0.25) is 0 Å². The second kappa shape index (κ2) is 9.09. The van der Waals surface area contributed by atoms with E-state index in [1.165, 1.54) is 17.7 Å². The number of aromatic nitrogens is 1. The minimum absolute atomic E-state index is 0.0809. The molecule has 9 heteroatoms. The molecule has 0 spiro atoms. The molecule has 0 radical (unpaired) electrons. The van der Waals surface area contributed by atoms with Crippen LogP contribution >= 0.6 is 11.3 Å². The summed E-state index contributed by atoms with van der Waals surface area (Å²) in [5.74, 6) is 0.0629. The Kier molecular flexibility index (Phi) is 6.14. The normalized spacial score (nSPS) is 19.6. The number of piperazine rings is 1. The van der Waals surface area contributed by atoms with Gasteiger partial charge in [0.1, 0.15) is 0 Å². The number of aryl methyl sites for hydroxylation is 1. The number of halogens is 3. The van der Waals surface area contributed by atoms with E-state index < -0.39 is 11.7 Å². The molecular formula is C25H27F3N4OS. The number of carbonyl (C=O) groups is 1. The molecule has 0 aliphatic carbocycles. The predicted octanol–water partition coefficient (Wildman–Crippen LogP) is 5.19. The fraction of sp³-hybridized carbons (Fsp3) is 0.440. The molecular weight excluding hydrogens is 461 g/mol. The van der Waals surface area contributed by atoms with Crippen LogP contribution in [-0.4, -0.2) is 55.1 Å². The SMILES string of the molecule is Cc1ccc2nc(N3CCCC(C(=O)N4CCN(c5cccc(C(F)(F)F)c5)CC4)C3)sc2c1. The molecule has 0 N–H and O–H groups in total. The number of nitrogens with zero attached hydrogens (tertiary/aromatic N) is 4. The zero-order chi connectivity index (χ0) is 23.9. The van der Waals surface area contributed by atoms with Gasteiger partial charge in [-0.15, -0.1) is 0 Å². The maximum absolute atomic E-state index is 13.3. The number of rotatable bonds is 3. The van der Waals surface area contributed by atoms with Gasteiger partial charge in [0.15, 0.2) is 5.13 Å². The van der Waals surface area contributed by atoms with Crippen molar-refractivity contribution in [3.63, 3.8) is 0 Å². The molecule has 2 aliphatic heterocycles. The van der Waals surface area contributed by atoms with Crippen molar-refractivity contribution < 1.29 is 18.0 Å². The molecule has 2 saturated heterocycles. The molecule has 1 aromatic heterocycles. The van der Waals surface area contributed by atoms with Crippen LogP contribution in [0.15, 0.2) is 42.5 Å². The van der Waals surface area contributed by atoms with E-state index in [4.69, 9.17) is 4.98 Å². The van der Waals surface area contributed by atoms with E-state index in [2.05, 4.69) is 24.0 Å². The van der Waals surface area contributed by atoms with Gasteiger partial charge in [0.25, 0.3) is 0 Å². The number of hydrogen-bond donors (Lipinski definition) is 0. The molecule has 1 unspecified atom stereocenters. The molecule has 1 amide bonds. The van der Waals surface area contributed by atoms with E-state index in [1.54, 1.807) is 17.4 Å². The van der Waals surface area contributed by atoms with Gasteiger partial charge in [-0.25, -0.2) is 4.98 Å². The highest BCUT2D eigenvalue weighted by Crippen LogP contribution is 2.34. The fourth-order valence-corrected chi connectivity index (χ4v) is 5.93. The average molecular weight is 489 g/mol. The summed E-state index contributed by atoms with van der Waals surface area (Å²) in [6.07, 6.45) is -2.56. The third-order valence-corrected chi connectivity index (χ3v) is 7.78. The van der Waals surface area contributed by atoms with Crippen molar-refractivity contribution in [2.45, 2.75) is 25.9 Å². The first-order valence-electron chi connectivity index (χ1n) is 11.6. The molecule has 5 nitrogen and oxygen atoms in total. The number of hydrogen-bond acceptors (Lipinski definition) is 5. The summed E-state index contributed by atoms with van der Waals surface area (Å²) < 4.78 is 40.3. The smallest absolute Gasteiger partial charge is 0.368 e. The lowest BCUT2D eigenvalue weighted by Crippen LogP contribution is -2.52. The topological polar surface area (TPSA) is 39.7 Å². The third kappa shape index (κ3) is 4.71. The Labute approximate surface area is 200 Å². The highest BCUT2D eigenvalue weighted by Gasteiger charge is 2.33. The molecule has 2 fully saturated rings. The summed E-state index contributed by atoms with van der Waals surface area (Å²) in [4.78, 5) is 24.1. The highest BCUT2D eigenvalue weighted by molar-refractivity contribution is 7.22. The minimum Gasteiger partial charge on any atom is -0.368 e. The van der Waals surface area contributed by atoms with Crippen molar-refractivity contribution in [3.8, 4) is 0 Å². The predicted molar refractivity (Wildman–Crippen MR) is 130 cm³/mol. The van der Waals surface area contributed by atoms with Crippen LogP contribution in [0.4, 0.5) is 24.0 Å². The monoisotopic (exact) mass is 488 g/mol. The molecule has 3 heterocycles. The first kappa shape index (κ1) is 23.0. The van der Waals surface area contributed by atoms with Gasteiger partial charge in [-0.3, -0.25) is 4.79 Å². The number of anilines is 2. The molecule has 2 aromatic carbocycles. The molecule has 0 saturated carbocycles. The number of carbonyl (C=O) groups excluding carboxylic acids is 1. The van der Waals surface area contributed by atoms with Crippen LogP contribution in [0.3, 0.4) is 0 Å². The number of amides is 1. The summed E-state index contributed by atoms with van der Waals surface area (Å²) in [6.45, 7) is 5.72. The summed E-state index contributed by atoms with van der Waals surface area (Å²) in [5, 5.41) is 0.965. The van der Waals surface area contributed by atoms with Crippen LogP contribution in [0.5, 0.6) is 0 Å². The van der Waals surface area contributed by atoms with Crippen molar-refractivity contribution in [1.29, 1.82) is 0 Å². The maximum Gasteiger partial charge on any atom is 0.416 e. The van der Waals surface area contributed by atoms with Crippen LogP contribution in [0.25, 0.3) is 10.2 Å². The Morgan fingerprint density at radius 2 is 1.82 bits per heavy atom. The molecule has 3 aromatic rings. The van der Waals surface area contributed by atoms with Crippen LogP contribution in [0, 0.1) is 12.8 Å². The Balaban J connectivity index is 1.21. The zero-order valence-electron chi connectivity index (χ0n) is 19.0. The van der Waals surface area contributed by atoms with Crippen molar-refractivity contribution in [3.05, 3.63) is 53.6 Å². The Morgan fingerprint density at radius 1 is 1.03 bits per heavy atom. The molecule has 0 bridgehead atoms. The van der Waals surface area contributed by atoms with Gasteiger partial charge in [-0.2, -0.15) is 13.2 Å². The number of fused-ring (bicyclic) bond motifs is 1. The van der Waals surface area contributed by atoms with E-state index >= 15 is 0 Å². The Hall–Kier alpha value is -2.81. The van der Waals surface area contributed by atoms with E-state index in [1.807, 2.05) is 15.9 Å². The van der Waals surface area contributed by atoms with E-state index in [-0.39, 0.29) is 11.8 Å². The number of benzene rings is 2. The summed E-state index contributed by atoms with van der Waals surface area (Å²) in [5.41, 5.74) is 2.11. The Morgan fingerprint density at radius 3 is 2.59 bits per heavy atom. The van der Waals surface area contributed by atoms with Gasteiger partial charge >= 0.3 is 6.18 Å². The lowest BCUT2D eigenvalue weighted by molar-refractivity contribution is -0.137. The van der Waals surface area contributed by atoms with E-state index in [0.717, 1.165) is 40.8 Å². The van der Waals surface area contributed by atoms with Crippen molar-refractivity contribution in [1.82, 2.24) is 9.88 Å². The third-order valence-electron chi connectivity index (χ3n) is 6.70. The van der Waals surface area contributed by atoms with Gasteiger partial charge in [0.2, 0.25) is 5.91 Å². The standard InChI is InChI=1S/C25H27F3N4OS/c1-17-7-8-21-22(14-17)34-24(29-21)32-9-3-4-18(16-32)23(33)31-12-10-30(11-13-31)20-6-2-5-19(15-20)25(26,27)28/h2,5-8,14-15,18H,3-4,9-13,16H2,1H3. The highest BCUT2D eigenvalue weighted by atomic mass is 32.1. The van der Waals surface area contributed by atoms with Gasteiger partial charge < -0.3 is 14.7 Å². The first-order chi connectivity index (χ1) is 16.3. The van der Waals surface area contributed by atoms with Gasteiger partial charge in [0.05, 0.1) is 21.7 Å². The first-order valence-corrected chi connectivity index (χ1v) is 12.4. The average Bonchev–Trinajstić information content (AvgIpc) is 3.27. The van der Waals surface area contributed by atoms with Gasteiger partial charge in [-0.1, -0.05) is 23.5 Å². The minimum atomic E-state index is -4.36. The number of piperidine rings is 1. The molecule has 180 valence electrons. The summed E-state index contributed by atoms with van der Waals surface area (Å²) in [6, 6.07) is 11.7. The largest absolute Gasteiger partial charge is 0.416 e. The van der Waals surface area contributed by atoms with E-state index in [9.17, 15) is 18.0 Å². The molecule has 34 heavy (non-hydrogen) atoms. The number of alkyl halides is 3. The lowest BCUT2D eigenvalue weighted by atomic mass is 9.96. The van der Waals surface area contributed by atoms with Crippen LogP contribution in [0.1, 0.15) is 24.0 Å².